The number of hydrogen-bond acceptors (Lipinski definition) is 6. The summed E-state index contributed by atoms with van der Waals surface area (Å²) < 4.78 is 0. The van der Waals surface area contributed by atoms with E-state index < -0.39 is 0 Å². The molecule has 3 aromatic rings. The number of piperidine rings is 1. The number of rotatable bonds is 3. The molecule has 1 aliphatic heterocycles. The van der Waals surface area contributed by atoms with Crippen molar-refractivity contribution in [1.82, 2.24) is 25.3 Å². The van der Waals surface area contributed by atoms with E-state index in [4.69, 9.17) is 0 Å². The fraction of sp³-hybridized carbons (Fsp3) is 0.294. The Morgan fingerprint density at radius 2 is 2.25 bits per heavy atom. The molecular weight excluding hydrogens is 304 g/mol. The normalized spacial score (nSPS) is 17.8. The molecule has 4 heterocycles. The van der Waals surface area contributed by atoms with Crippen LogP contribution in [0.4, 0.5) is 11.5 Å². The molecule has 0 radical (unpaired) electrons. The molecule has 3 aromatic heterocycles. The molecule has 1 unspecified atom stereocenters. The summed E-state index contributed by atoms with van der Waals surface area (Å²) in [6, 6.07) is 5.57. The van der Waals surface area contributed by atoms with E-state index in [1.54, 1.807) is 12.4 Å². The Balaban J connectivity index is 1.75. The molecule has 0 bridgehead atoms. The van der Waals surface area contributed by atoms with Gasteiger partial charge in [-0.05, 0) is 31.0 Å². The zero-order chi connectivity index (χ0) is 16.4. The first-order chi connectivity index (χ1) is 11.8. The first kappa shape index (κ1) is 14.8. The van der Waals surface area contributed by atoms with E-state index in [-0.39, 0.29) is 5.56 Å². The molecule has 1 aliphatic rings. The minimum absolute atomic E-state index is 0.208. The molecule has 24 heavy (non-hydrogen) atoms. The second-order valence-corrected chi connectivity index (χ2v) is 5.94. The van der Waals surface area contributed by atoms with Gasteiger partial charge < -0.3 is 15.6 Å². The minimum atomic E-state index is -0.208. The van der Waals surface area contributed by atoms with Crippen LogP contribution in [0, 0.1) is 0 Å². The monoisotopic (exact) mass is 322 g/mol. The second kappa shape index (κ2) is 6.37. The lowest BCUT2D eigenvalue weighted by molar-refractivity contribution is 0.462. The van der Waals surface area contributed by atoms with E-state index in [1.807, 2.05) is 6.07 Å². The van der Waals surface area contributed by atoms with E-state index in [9.17, 15) is 4.79 Å². The van der Waals surface area contributed by atoms with Gasteiger partial charge in [0.05, 0.1) is 11.1 Å². The van der Waals surface area contributed by atoms with Crippen molar-refractivity contribution in [1.29, 1.82) is 0 Å². The Morgan fingerprint density at radius 1 is 1.29 bits per heavy atom. The molecule has 0 saturated carbocycles. The van der Waals surface area contributed by atoms with Crippen molar-refractivity contribution in [3.05, 3.63) is 52.8 Å². The van der Waals surface area contributed by atoms with E-state index in [1.165, 1.54) is 12.4 Å². The Hall–Kier alpha value is -2.80. The van der Waals surface area contributed by atoms with Crippen molar-refractivity contribution in [3.8, 4) is 0 Å². The van der Waals surface area contributed by atoms with Crippen LogP contribution in [0.1, 0.15) is 24.3 Å². The third-order valence-electron chi connectivity index (χ3n) is 4.35. The highest BCUT2D eigenvalue weighted by Gasteiger charge is 2.19. The number of H-pyrrole nitrogens is 1. The Labute approximate surface area is 138 Å². The molecular formula is C17H18N6O. The highest BCUT2D eigenvalue weighted by Crippen LogP contribution is 2.30. The topological polar surface area (TPSA) is 95.6 Å². The molecule has 3 N–H and O–H groups in total. The highest BCUT2D eigenvalue weighted by atomic mass is 16.1. The quantitative estimate of drug-likeness (QED) is 0.682. The number of pyridine rings is 2. The van der Waals surface area contributed by atoms with Crippen LogP contribution in [0.5, 0.6) is 0 Å². The van der Waals surface area contributed by atoms with Gasteiger partial charge in [0.1, 0.15) is 17.8 Å². The van der Waals surface area contributed by atoms with E-state index in [0.29, 0.717) is 17.3 Å². The van der Waals surface area contributed by atoms with Gasteiger partial charge in [0.25, 0.3) is 5.56 Å². The largest absolute Gasteiger partial charge is 0.339 e. The van der Waals surface area contributed by atoms with Crippen molar-refractivity contribution in [2.75, 3.05) is 18.4 Å². The number of fused-ring (bicyclic) bond motifs is 1. The maximum absolute atomic E-state index is 11.9. The minimum Gasteiger partial charge on any atom is -0.339 e. The van der Waals surface area contributed by atoms with Gasteiger partial charge in [-0.2, -0.15) is 0 Å². The summed E-state index contributed by atoms with van der Waals surface area (Å²) in [7, 11) is 0. The molecule has 0 aliphatic carbocycles. The SMILES string of the molecule is O=c1cc(Nc2ncccc2C2CCCNC2)c2cncnc2[nH]1. The number of nitrogens with one attached hydrogen (secondary N) is 3. The van der Waals surface area contributed by atoms with Gasteiger partial charge in [0.2, 0.25) is 0 Å². The van der Waals surface area contributed by atoms with Crippen LogP contribution in [0.15, 0.2) is 41.7 Å². The van der Waals surface area contributed by atoms with Crippen LogP contribution in [0.3, 0.4) is 0 Å². The zero-order valence-corrected chi connectivity index (χ0v) is 13.1. The predicted molar refractivity (Wildman–Crippen MR) is 92.5 cm³/mol. The molecule has 4 rings (SSSR count). The number of nitrogens with zero attached hydrogens (tertiary/aromatic N) is 3. The summed E-state index contributed by atoms with van der Waals surface area (Å²) in [6.07, 6.45) is 7.15. The second-order valence-electron chi connectivity index (χ2n) is 5.94. The van der Waals surface area contributed by atoms with Crippen molar-refractivity contribution < 1.29 is 0 Å². The third kappa shape index (κ3) is 2.85. The van der Waals surface area contributed by atoms with Crippen molar-refractivity contribution in [2.45, 2.75) is 18.8 Å². The van der Waals surface area contributed by atoms with Gasteiger partial charge in [-0.1, -0.05) is 6.07 Å². The van der Waals surface area contributed by atoms with Gasteiger partial charge >= 0.3 is 0 Å². The standard InChI is InChI=1S/C17H18N6O/c24-15-7-14(13-9-19-10-21-17(13)23-15)22-16-12(4-2-6-20-16)11-3-1-5-18-8-11/h2,4,6-7,9-11,18H,1,3,5,8H2,(H2,19,20,21,22,23,24). The van der Waals surface area contributed by atoms with Crippen molar-refractivity contribution >= 4 is 22.5 Å². The van der Waals surface area contributed by atoms with Crippen LogP contribution in [-0.4, -0.2) is 33.0 Å². The summed E-state index contributed by atoms with van der Waals surface area (Å²) >= 11 is 0. The molecule has 7 nitrogen and oxygen atoms in total. The lowest BCUT2D eigenvalue weighted by Crippen LogP contribution is -2.28. The lowest BCUT2D eigenvalue weighted by Gasteiger charge is -2.25. The molecule has 1 saturated heterocycles. The van der Waals surface area contributed by atoms with Crippen molar-refractivity contribution in [3.63, 3.8) is 0 Å². The Kier molecular flexibility index (Phi) is 3.92. The van der Waals surface area contributed by atoms with Gasteiger partial charge in [0, 0.05) is 30.9 Å². The van der Waals surface area contributed by atoms with E-state index in [0.717, 1.165) is 42.7 Å². The summed E-state index contributed by atoms with van der Waals surface area (Å²) in [6.45, 7) is 2.01. The fourth-order valence-corrected chi connectivity index (χ4v) is 3.19. The van der Waals surface area contributed by atoms with Crippen LogP contribution >= 0.6 is 0 Å². The Bertz CT molecular complexity index is 916. The van der Waals surface area contributed by atoms with Gasteiger partial charge in [0.15, 0.2) is 0 Å². The number of anilines is 2. The summed E-state index contributed by atoms with van der Waals surface area (Å²) in [5.74, 6) is 1.20. The lowest BCUT2D eigenvalue weighted by atomic mass is 9.92. The first-order valence-corrected chi connectivity index (χ1v) is 8.07. The maximum Gasteiger partial charge on any atom is 0.251 e. The molecule has 1 fully saturated rings. The fourth-order valence-electron chi connectivity index (χ4n) is 3.19. The molecule has 1 atom stereocenters. The number of aromatic amines is 1. The van der Waals surface area contributed by atoms with Gasteiger partial charge in [-0.3, -0.25) is 4.79 Å². The maximum atomic E-state index is 11.9. The molecule has 0 spiro atoms. The summed E-state index contributed by atoms with van der Waals surface area (Å²) in [5.41, 5.74) is 2.13. The highest BCUT2D eigenvalue weighted by molar-refractivity contribution is 5.89. The Morgan fingerprint density at radius 3 is 3.12 bits per heavy atom. The molecule has 0 aromatic carbocycles. The first-order valence-electron chi connectivity index (χ1n) is 8.07. The molecule has 122 valence electrons. The van der Waals surface area contributed by atoms with Crippen LogP contribution in [0.2, 0.25) is 0 Å². The summed E-state index contributed by atoms with van der Waals surface area (Å²) in [4.78, 5) is 27.3. The molecule has 7 heteroatoms. The van der Waals surface area contributed by atoms with E-state index >= 15 is 0 Å². The smallest absolute Gasteiger partial charge is 0.251 e. The van der Waals surface area contributed by atoms with E-state index in [2.05, 4.69) is 36.6 Å². The van der Waals surface area contributed by atoms with Crippen LogP contribution in [0.25, 0.3) is 11.0 Å². The van der Waals surface area contributed by atoms with Crippen LogP contribution < -0.4 is 16.2 Å². The average molecular weight is 322 g/mol. The third-order valence-corrected chi connectivity index (χ3v) is 4.35. The number of hydrogen-bond donors (Lipinski definition) is 3. The average Bonchev–Trinajstić information content (AvgIpc) is 2.63. The molecule has 0 amide bonds. The predicted octanol–water partition coefficient (Wildman–Crippen LogP) is 1.92. The summed E-state index contributed by atoms with van der Waals surface area (Å²) in [5, 5.41) is 7.51. The zero-order valence-electron chi connectivity index (χ0n) is 13.1. The van der Waals surface area contributed by atoms with Gasteiger partial charge in [-0.15, -0.1) is 0 Å². The van der Waals surface area contributed by atoms with Crippen molar-refractivity contribution in [2.24, 2.45) is 0 Å². The van der Waals surface area contributed by atoms with Crippen LogP contribution in [-0.2, 0) is 0 Å². The van der Waals surface area contributed by atoms with Gasteiger partial charge in [-0.25, -0.2) is 15.0 Å². The number of aromatic nitrogens is 4.